The average molecular weight is 342 g/mol. The largest absolute Gasteiger partial charge is 0.491 e. The molecule has 7 heteroatoms. The fraction of sp³-hybridized carbons (Fsp3) is 0.333. The number of imidazole rings is 1. The molecule has 0 saturated heterocycles. The number of rotatable bonds is 7. The molecule has 2 rings (SSSR count). The molecular formula is C15H17Cl2N3O2. The summed E-state index contributed by atoms with van der Waals surface area (Å²) >= 11 is 12.2. The number of amides is 1. The molecule has 2 aromatic rings. The third kappa shape index (κ3) is 4.39. The van der Waals surface area contributed by atoms with Crippen LogP contribution in [0.4, 0.5) is 0 Å². The summed E-state index contributed by atoms with van der Waals surface area (Å²) in [4.78, 5) is 16.1. The van der Waals surface area contributed by atoms with E-state index in [1.807, 2.05) is 17.7 Å². The molecule has 0 fully saturated rings. The van der Waals surface area contributed by atoms with Crippen molar-refractivity contribution in [2.24, 2.45) is 0 Å². The van der Waals surface area contributed by atoms with E-state index in [0.717, 1.165) is 13.0 Å². The highest BCUT2D eigenvalue weighted by Crippen LogP contribution is 2.34. The number of benzene rings is 1. The summed E-state index contributed by atoms with van der Waals surface area (Å²) < 4.78 is 7.29. The number of aryl methyl sites for hydroxylation is 1. The van der Waals surface area contributed by atoms with Crippen molar-refractivity contribution < 1.29 is 9.53 Å². The molecule has 118 valence electrons. The van der Waals surface area contributed by atoms with Crippen molar-refractivity contribution in [1.82, 2.24) is 14.9 Å². The molecule has 1 aromatic carbocycles. The summed E-state index contributed by atoms with van der Waals surface area (Å²) in [6.07, 6.45) is 6.16. The lowest BCUT2D eigenvalue weighted by molar-refractivity contribution is 0.0952. The molecule has 0 radical (unpaired) electrons. The van der Waals surface area contributed by atoms with Gasteiger partial charge in [-0.05, 0) is 25.5 Å². The normalized spacial score (nSPS) is 10.5. The number of aromatic nitrogens is 2. The molecule has 1 N–H and O–H groups in total. The van der Waals surface area contributed by atoms with Gasteiger partial charge in [0.05, 0.1) is 23.0 Å². The van der Waals surface area contributed by atoms with Crippen LogP contribution in [0.3, 0.4) is 0 Å². The van der Waals surface area contributed by atoms with Crippen LogP contribution in [0.15, 0.2) is 30.9 Å². The Balaban J connectivity index is 1.89. The zero-order valence-electron chi connectivity index (χ0n) is 12.2. The van der Waals surface area contributed by atoms with Crippen LogP contribution in [-0.2, 0) is 6.54 Å². The first-order valence-electron chi connectivity index (χ1n) is 6.97. The Morgan fingerprint density at radius 2 is 2.09 bits per heavy atom. The lowest BCUT2D eigenvalue weighted by Crippen LogP contribution is -2.25. The monoisotopic (exact) mass is 341 g/mol. The lowest BCUT2D eigenvalue weighted by atomic mass is 10.2. The summed E-state index contributed by atoms with van der Waals surface area (Å²) in [5, 5.41) is 3.50. The van der Waals surface area contributed by atoms with Gasteiger partial charge in [-0.3, -0.25) is 4.79 Å². The zero-order chi connectivity index (χ0) is 15.9. The molecule has 1 aromatic heterocycles. The van der Waals surface area contributed by atoms with Gasteiger partial charge in [-0.1, -0.05) is 23.2 Å². The van der Waals surface area contributed by atoms with E-state index < -0.39 is 0 Å². The molecule has 1 amide bonds. The molecule has 0 saturated carbocycles. The maximum atomic E-state index is 12.1. The number of ether oxygens (including phenoxy) is 1. The number of carbonyl (C=O) groups is 1. The molecule has 0 atom stereocenters. The number of hydrogen-bond donors (Lipinski definition) is 1. The van der Waals surface area contributed by atoms with E-state index in [9.17, 15) is 4.79 Å². The van der Waals surface area contributed by atoms with Crippen LogP contribution in [0.1, 0.15) is 23.7 Å². The zero-order valence-corrected chi connectivity index (χ0v) is 13.7. The van der Waals surface area contributed by atoms with Gasteiger partial charge in [-0.2, -0.15) is 0 Å². The van der Waals surface area contributed by atoms with Gasteiger partial charge < -0.3 is 14.6 Å². The summed E-state index contributed by atoms with van der Waals surface area (Å²) in [6, 6.07) is 3.12. The highest BCUT2D eigenvalue weighted by atomic mass is 35.5. The Labute approximate surface area is 139 Å². The summed E-state index contributed by atoms with van der Waals surface area (Å²) in [6.45, 7) is 3.65. The van der Waals surface area contributed by atoms with Crippen molar-refractivity contribution >= 4 is 29.1 Å². The van der Waals surface area contributed by atoms with E-state index in [1.165, 1.54) is 0 Å². The highest BCUT2D eigenvalue weighted by molar-refractivity contribution is 6.37. The molecule has 22 heavy (non-hydrogen) atoms. The first-order chi connectivity index (χ1) is 10.6. The van der Waals surface area contributed by atoms with Gasteiger partial charge in [0.1, 0.15) is 0 Å². The van der Waals surface area contributed by atoms with E-state index >= 15 is 0 Å². The maximum absolute atomic E-state index is 12.1. The van der Waals surface area contributed by atoms with Crippen LogP contribution in [0.25, 0.3) is 0 Å². The molecule has 5 nitrogen and oxygen atoms in total. The Bertz CT molecular complexity index is 607. The van der Waals surface area contributed by atoms with Crippen molar-refractivity contribution in [2.45, 2.75) is 19.9 Å². The van der Waals surface area contributed by atoms with Gasteiger partial charge in [-0.25, -0.2) is 4.98 Å². The van der Waals surface area contributed by atoms with E-state index in [4.69, 9.17) is 27.9 Å². The quantitative estimate of drug-likeness (QED) is 0.785. The summed E-state index contributed by atoms with van der Waals surface area (Å²) in [5.41, 5.74) is 0.418. The minimum atomic E-state index is -0.211. The minimum absolute atomic E-state index is 0.211. The van der Waals surface area contributed by atoms with Crippen molar-refractivity contribution in [1.29, 1.82) is 0 Å². The van der Waals surface area contributed by atoms with Gasteiger partial charge in [0.2, 0.25) is 0 Å². The van der Waals surface area contributed by atoms with Crippen molar-refractivity contribution in [3.63, 3.8) is 0 Å². The Morgan fingerprint density at radius 3 is 2.68 bits per heavy atom. The lowest BCUT2D eigenvalue weighted by Gasteiger charge is -2.11. The van der Waals surface area contributed by atoms with Crippen molar-refractivity contribution in [3.05, 3.63) is 46.5 Å². The third-order valence-electron chi connectivity index (χ3n) is 2.99. The fourth-order valence-corrected chi connectivity index (χ4v) is 2.55. The van der Waals surface area contributed by atoms with E-state index in [2.05, 4.69) is 10.3 Å². The molecule has 0 aliphatic carbocycles. The van der Waals surface area contributed by atoms with E-state index in [1.54, 1.807) is 24.7 Å². The SMILES string of the molecule is CCOc1c(Cl)cc(C(=O)NCCCn2ccnc2)cc1Cl. The molecule has 1 heterocycles. The van der Waals surface area contributed by atoms with Gasteiger partial charge >= 0.3 is 0 Å². The smallest absolute Gasteiger partial charge is 0.251 e. The molecule has 0 unspecified atom stereocenters. The number of carbonyl (C=O) groups excluding carboxylic acids is 1. The average Bonchev–Trinajstić information content (AvgIpc) is 3.00. The molecule has 0 aliphatic heterocycles. The Hall–Kier alpha value is -1.72. The van der Waals surface area contributed by atoms with Crippen LogP contribution < -0.4 is 10.1 Å². The topological polar surface area (TPSA) is 56.1 Å². The van der Waals surface area contributed by atoms with Crippen LogP contribution in [-0.4, -0.2) is 28.6 Å². The summed E-state index contributed by atoms with van der Waals surface area (Å²) in [7, 11) is 0. The highest BCUT2D eigenvalue weighted by Gasteiger charge is 2.13. The number of nitrogens with zero attached hydrogens (tertiary/aromatic N) is 2. The number of halogens is 2. The van der Waals surface area contributed by atoms with Gasteiger partial charge in [-0.15, -0.1) is 0 Å². The van der Waals surface area contributed by atoms with Crippen LogP contribution in [0.5, 0.6) is 5.75 Å². The van der Waals surface area contributed by atoms with Crippen molar-refractivity contribution in [2.75, 3.05) is 13.2 Å². The van der Waals surface area contributed by atoms with Crippen LogP contribution >= 0.6 is 23.2 Å². The second-order valence-corrected chi connectivity index (χ2v) is 5.43. The van der Waals surface area contributed by atoms with Gasteiger partial charge in [0, 0.05) is 31.0 Å². The predicted octanol–water partition coefficient (Wildman–Crippen LogP) is 3.41. The first-order valence-corrected chi connectivity index (χ1v) is 7.73. The van der Waals surface area contributed by atoms with Crippen molar-refractivity contribution in [3.8, 4) is 5.75 Å². The predicted molar refractivity (Wildman–Crippen MR) is 86.8 cm³/mol. The number of hydrogen-bond acceptors (Lipinski definition) is 3. The Kier molecular flexibility index (Phi) is 6.10. The molecule has 0 spiro atoms. The van der Waals surface area contributed by atoms with Gasteiger partial charge in [0.25, 0.3) is 5.91 Å². The number of nitrogens with one attached hydrogen (secondary N) is 1. The van der Waals surface area contributed by atoms with Crippen LogP contribution in [0.2, 0.25) is 10.0 Å². The van der Waals surface area contributed by atoms with E-state index in [0.29, 0.717) is 34.5 Å². The second kappa shape index (κ2) is 8.06. The maximum Gasteiger partial charge on any atom is 0.251 e. The fourth-order valence-electron chi connectivity index (χ4n) is 1.96. The first kappa shape index (κ1) is 16.6. The van der Waals surface area contributed by atoms with Crippen LogP contribution in [0, 0.1) is 0 Å². The summed E-state index contributed by atoms with van der Waals surface area (Å²) in [5.74, 6) is 0.194. The molecule has 0 bridgehead atoms. The van der Waals surface area contributed by atoms with E-state index in [-0.39, 0.29) is 5.91 Å². The Morgan fingerprint density at radius 1 is 1.36 bits per heavy atom. The molecule has 0 aliphatic rings. The molecular weight excluding hydrogens is 325 g/mol. The minimum Gasteiger partial charge on any atom is -0.491 e. The van der Waals surface area contributed by atoms with Gasteiger partial charge in [0.15, 0.2) is 5.75 Å². The standard InChI is InChI=1S/C15H17Cl2N3O2/c1-2-22-14-12(16)8-11(9-13(14)17)15(21)19-4-3-6-20-7-5-18-10-20/h5,7-10H,2-4,6H2,1H3,(H,19,21). The second-order valence-electron chi connectivity index (χ2n) is 4.61. The third-order valence-corrected chi connectivity index (χ3v) is 3.55.